The largest absolute Gasteiger partial charge is 0.375 e. The molecule has 1 fully saturated rings. The highest BCUT2D eigenvalue weighted by molar-refractivity contribution is 5.76. The number of amides is 1. The minimum atomic E-state index is -0.0561. The van der Waals surface area contributed by atoms with E-state index in [2.05, 4.69) is 5.43 Å². The number of nitrogens with zero attached hydrogens (tertiary/aromatic N) is 1. The van der Waals surface area contributed by atoms with Gasteiger partial charge in [-0.25, -0.2) is 5.01 Å². The zero-order valence-corrected chi connectivity index (χ0v) is 7.51. The normalized spacial score (nSPS) is 19.1. The molecule has 0 saturated carbocycles. The highest BCUT2D eigenvalue weighted by atomic mass is 16.5. The van der Waals surface area contributed by atoms with Crippen LogP contribution in [0.1, 0.15) is 19.3 Å². The van der Waals surface area contributed by atoms with E-state index in [1.807, 2.05) is 5.01 Å². The fourth-order valence-corrected chi connectivity index (χ4v) is 1.35. The van der Waals surface area contributed by atoms with Crippen LogP contribution in [0.4, 0.5) is 0 Å². The summed E-state index contributed by atoms with van der Waals surface area (Å²) in [6, 6.07) is 0. The molecule has 1 N–H and O–H groups in total. The number of rotatable bonds is 3. The van der Waals surface area contributed by atoms with Crippen molar-refractivity contribution < 1.29 is 9.53 Å². The van der Waals surface area contributed by atoms with Crippen LogP contribution in [0.3, 0.4) is 0 Å². The molecule has 12 heavy (non-hydrogen) atoms. The predicted molar refractivity (Wildman–Crippen MR) is 45.4 cm³/mol. The molecule has 0 aromatic rings. The fourth-order valence-electron chi connectivity index (χ4n) is 1.35. The summed E-state index contributed by atoms with van der Waals surface area (Å²) >= 11 is 0. The topological polar surface area (TPSA) is 41.6 Å². The van der Waals surface area contributed by atoms with Crippen LogP contribution in [0.25, 0.3) is 0 Å². The van der Waals surface area contributed by atoms with Gasteiger partial charge in [-0.1, -0.05) is 6.42 Å². The van der Waals surface area contributed by atoms with Crippen LogP contribution in [-0.4, -0.2) is 37.7 Å². The summed E-state index contributed by atoms with van der Waals surface area (Å²) in [5.41, 5.74) is 2.79. The molecule has 0 spiro atoms. The van der Waals surface area contributed by atoms with Crippen molar-refractivity contribution >= 4 is 5.91 Å². The molecule has 0 unspecified atom stereocenters. The van der Waals surface area contributed by atoms with Crippen LogP contribution in [0.5, 0.6) is 0 Å². The Balaban J connectivity index is 2.15. The average Bonchev–Trinajstić information content (AvgIpc) is 2.06. The molecule has 0 atom stereocenters. The second-order valence-corrected chi connectivity index (χ2v) is 3.02. The minimum Gasteiger partial charge on any atom is -0.375 e. The van der Waals surface area contributed by atoms with Gasteiger partial charge in [0.1, 0.15) is 6.61 Å². The number of methoxy groups -OCH3 is 1. The maximum absolute atomic E-state index is 11.0. The lowest BCUT2D eigenvalue weighted by Crippen LogP contribution is -2.46. The molecule has 0 aromatic carbocycles. The fraction of sp³-hybridized carbons (Fsp3) is 0.875. The lowest BCUT2D eigenvalue weighted by atomic mass is 10.2. The van der Waals surface area contributed by atoms with Crippen LogP contribution < -0.4 is 5.43 Å². The Morgan fingerprint density at radius 2 is 2.08 bits per heavy atom. The number of nitrogens with one attached hydrogen (secondary N) is 1. The van der Waals surface area contributed by atoms with E-state index in [0.29, 0.717) is 0 Å². The number of hydrogen-bond donors (Lipinski definition) is 1. The molecule has 0 aliphatic carbocycles. The molecule has 0 aromatic heterocycles. The minimum absolute atomic E-state index is 0.0561. The Morgan fingerprint density at radius 1 is 1.42 bits per heavy atom. The molecule has 0 radical (unpaired) electrons. The third-order valence-electron chi connectivity index (χ3n) is 1.91. The summed E-state index contributed by atoms with van der Waals surface area (Å²) in [7, 11) is 1.52. The second kappa shape index (κ2) is 5.11. The molecule has 1 aliphatic rings. The number of carbonyl (C=O) groups is 1. The van der Waals surface area contributed by atoms with Crippen LogP contribution in [0, 0.1) is 0 Å². The van der Waals surface area contributed by atoms with E-state index in [-0.39, 0.29) is 12.5 Å². The number of piperidine rings is 1. The molecule has 4 heteroatoms. The number of hydrazine groups is 1. The first-order valence-corrected chi connectivity index (χ1v) is 4.36. The highest BCUT2D eigenvalue weighted by Crippen LogP contribution is 2.05. The molecule has 1 amide bonds. The Labute approximate surface area is 72.8 Å². The quantitative estimate of drug-likeness (QED) is 0.659. The van der Waals surface area contributed by atoms with Gasteiger partial charge in [-0.2, -0.15) is 0 Å². The third kappa shape index (κ3) is 3.19. The van der Waals surface area contributed by atoms with Gasteiger partial charge in [0.15, 0.2) is 0 Å². The number of ether oxygens (including phenoxy) is 1. The summed E-state index contributed by atoms with van der Waals surface area (Å²) in [5.74, 6) is -0.0561. The van der Waals surface area contributed by atoms with Gasteiger partial charge in [-0.15, -0.1) is 0 Å². The lowest BCUT2D eigenvalue weighted by molar-refractivity contribution is -0.130. The van der Waals surface area contributed by atoms with Crippen molar-refractivity contribution in [1.82, 2.24) is 10.4 Å². The van der Waals surface area contributed by atoms with Crippen LogP contribution in [0.15, 0.2) is 0 Å². The van der Waals surface area contributed by atoms with E-state index in [1.165, 1.54) is 26.4 Å². The number of hydrogen-bond acceptors (Lipinski definition) is 3. The molecule has 70 valence electrons. The lowest BCUT2D eigenvalue weighted by Gasteiger charge is -2.26. The van der Waals surface area contributed by atoms with E-state index in [4.69, 9.17) is 4.74 Å². The molecule has 1 saturated heterocycles. The summed E-state index contributed by atoms with van der Waals surface area (Å²) in [6.45, 7) is 2.08. The van der Waals surface area contributed by atoms with Crippen molar-refractivity contribution in [2.24, 2.45) is 0 Å². The van der Waals surface area contributed by atoms with Gasteiger partial charge >= 0.3 is 0 Å². The van der Waals surface area contributed by atoms with Crippen molar-refractivity contribution in [3.05, 3.63) is 0 Å². The van der Waals surface area contributed by atoms with Gasteiger partial charge in [-0.05, 0) is 12.8 Å². The molecular formula is C8H16N2O2. The van der Waals surface area contributed by atoms with Crippen molar-refractivity contribution in [3.63, 3.8) is 0 Å². The molecule has 4 nitrogen and oxygen atoms in total. The van der Waals surface area contributed by atoms with Gasteiger partial charge in [-0.3, -0.25) is 10.2 Å². The standard InChI is InChI=1S/C8H16N2O2/c1-12-7-8(11)9-10-5-3-2-4-6-10/h2-7H2,1H3,(H,9,11). The van der Waals surface area contributed by atoms with E-state index in [0.717, 1.165) is 13.1 Å². The van der Waals surface area contributed by atoms with Gasteiger partial charge in [0, 0.05) is 20.2 Å². The molecule has 1 heterocycles. The average molecular weight is 172 g/mol. The van der Waals surface area contributed by atoms with Crippen molar-refractivity contribution in [1.29, 1.82) is 0 Å². The third-order valence-corrected chi connectivity index (χ3v) is 1.91. The summed E-state index contributed by atoms with van der Waals surface area (Å²) < 4.78 is 4.71. The monoisotopic (exact) mass is 172 g/mol. The smallest absolute Gasteiger partial charge is 0.260 e. The van der Waals surface area contributed by atoms with Crippen molar-refractivity contribution in [2.75, 3.05) is 26.8 Å². The van der Waals surface area contributed by atoms with E-state index in [9.17, 15) is 4.79 Å². The molecule has 1 rings (SSSR count). The first kappa shape index (κ1) is 9.48. The Kier molecular flexibility index (Phi) is 4.04. The Hall–Kier alpha value is -0.610. The van der Waals surface area contributed by atoms with Gasteiger partial charge in [0.05, 0.1) is 0 Å². The predicted octanol–water partition coefficient (Wildman–Crippen LogP) is 0.150. The maximum atomic E-state index is 11.0. The zero-order chi connectivity index (χ0) is 8.81. The van der Waals surface area contributed by atoms with E-state index in [1.54, 1.807) is 0 Å². The summed E-state index contributed by atoms with van der Waals surface area (Å²) in [6.07, 6.45) is 3.62. The summed E-state index contributed by atoms with van der Waals surface area (Å²) in [4.78, 5) is 11.0. The summed E-state index contributed by atoms with van der Waals surface area (Å²) in [5, 5.41) is 1.96. The Bertz CT molecular complexity index is 144. The number of carbonyl (C=O) groups excluding carboxylic acids is 1. The SMILES string of the molecule is COCC(=O)NN1CCCCC1. The van der Waals surface area contributed by atoms with Crippen LogP contribution in [-0.2, 0) is 9.53 Å². The van der Waals surface area contributed by atoms with Crippen molar-refractivity contribution in [2.45, 2.75) is 19.3 Å². The Morgan fingerprint density at radius 3 is 2.67 bits per heavy atom. The highest BCUT2D eigenvalue weighted by Gasteiger charge is 2.11. The maximum Gasteiger partial charge on any atom is 0.260 e. The van der Waals surface area contributed by atoms with Gasteiger partial charge < -0.3 is 4.74 Å². The van der Waals surface area contributed by atoms with Gasteiger partial charge in [0.2, 0.25) is 0 Å². The van der Waals surface area contributed by atoms with E-state index >= 15 is 0 Å². The van der Waals surface area contributed by atoms with E-state index < -0.39 is 0 Å². The first-order chi connectivity index (χ1) is 5.83. The van der Waals surface area contributed by atoms with Crippen molar-refractivity contribution in [3.8, 4) is 0 Å². The van der Waals surface area contributed by atoms with Crippen LogP contribution >= 0.6 is 0 Å². The molecule has 0 bridgehead atoms. The zero-order valence-electron chi connectivity index (χ0n) is 7.51. The first-order valence-electron chi connectivity index (χ1n) is 4.36. The second-order valence-electron chi connectivity index (χ2n) is 3.02. The molecule has 1 aliphatic heterocycles. The van der Waals surface area contributed by atoms with Crippen LogP contribution in [0.2, 0.25) is 0 Å². The molecular weight excluding hydrogens is 156 g/mol. The van der Waals surface area contributed by atoms with Gasteiger partial charge in [0.25, 0.3) is 5.91 Å².